The van der Waals surface area contributed by atoms with E-state index in [0.29, 0.717) is 18.9 Å². The molecule has 3 heteroatoms. The van der Waals surface area contributed by atoms with Crippen LogP contribution in [-0.2, 0) is 11.3 Å². The minimum Gasteiger partial charge on any atom is -0.352 e. The number of benzene rings is 1. The molecule has 0 aliphatic heterocycles. The monoisotopic (exact) mass is 262 g/mol. The van der Waals surface area contributed by atoms with Crippen LogP contribution >= 0.6 is 0 Å². The summed E-state index contributed by atoms with van der Waals surface area (Å²) in [5.74, 6) is 0.649. The Bertz CT molecular complexity index is 382. The van der Waals surface area contributed by atoms with E-state index in [0.717, 1.165) is 18.4 Å². The third-order valence-electron chi connectivity index (χ3n) is 3.20. The quantitative estimate of drug-likeness (QED) is 0.793. The summed E-state index contributed by atoms with van der Waals surface area (Å²) in [5, 5.41) is 2.94. The fourth-order valence-corrected chi connectivity index (χ4v) is 1.89. The van der Waals surface area contributed by atoms with Crippen LogP contribution in [0.15, 0.2) is 24.3 Å². The number of nitrogens with one attached hydrogen (secondary N) is 1. The standard InChI is InChI=1S/C16H26N2O/c1-12(2)15-9-7-14(8-10-15)11-18-16(19)6-4-5-13(3)17/h7-10,12-13H,4-6,11,17H2,1-3H3,(H,18,19). The maximum Gasteiger partial charge on any atom is 0.220 e. The van der Waals surface area contributed by atoms with Crippen LogP contribution in [0.2, 0.25) is 0 Å². The van der Waals surface area contributed by atoms with Crippen LogP contribution in [0, 0.1) is 0 Å². The molecule has 1 rings (SSSR count). The highest BCUT2D eigenvalue weighted by Gasteiger charge is 2.03. The lowest BCUT2D eigenvalue weighted by molar-refractivity contribution is -0.121. The molecule has 1 unspecified atom stereocenters. The number of carbonyl (C=O) groups excluding carboxylic acids is 1. The molecule has 1 aromatic carbocycles. The molecule has 0 spiro atoms. The highest BCUT2D eigenvalue weighted by molar-refractivity contribution is 5.75. The molecule has 0 saturated carbocycles. The van der Waals surface area contributed by atoms with Gasteiger partial charge < -0.3 is 11.1 Å². The van der Waals surface area contributed by atoms with Crippen LogP contribution in [-0.4, -0.2) is 11.9 Å². The van der Waals surface area contributed by atoms with Gasteiger partial charge in [0.25, 0.3) is 0 Å². The number of nitrogens with two attached hydrogens (primary N) is 1. The number of hydrogen-bond donors (Lipinski definition) is 2. The molecule has 0 bridgehead atoms. The van der Waals surface area contributed by atoms with Crippen LogP contribution in [0.4, 0.5) is 0 Å². The lowest BCUT2D eigenvalue weighted by Crippen LogP contribution is -2.23. The van der Waals surface area contributed by atoms with Crippen molar-refractivity contribution in [2.45, 2.75) is 58.5 Å². The maximum atomic E-state index is 11.6. The van der Waals surface area contributed by atoms with Crippen LogP contribution in [0.3, 0.4) is 0 Å². The molecule has 0 heterocycles. The first-order valence-corrected chi connectivity index (χ1v) is 7.10. The SMILES string of the molecule is CC(N)CCCC(=O)NCc1ccc(C(C)C)cc1. The van der Waals surface area contributed by atoms with E-state index in [4.69, 9.17) is 5.73 Å². The zero-order valence-electron chi connectivity index (χ0n) is 12.3. The summed E-state index contributed by atoms with van der Waals surface area (Å²) in [6.45, 7) is 6.92. The molecule has 0 fully saturated rings. The summed E-state index contributed by atoms with van der Waals surface area (Å²) in [7, 11) is 0. The first-order valence-electron chi connectivity index (χ1n) is 7.10. The van der Waals surface area contributed by atoms with Gasteiger partial charge in [-0.2, -0.15) is 0 Å². The lowest BCUT2D eigenvalue weighted by atomic mass is 10.0. The molecule has 0 aromatic heterocycles. The second kappa shape index (κ2) is 7.95. The lowest BCUT2D eigenvalue weighted by Gasteiger charge is -2.09. The Kier molecular flexibility index (Phi) is 6.57. The summed E-state index contributed by atoms with van der Waals surface area (Å²) in [5.41, 5.74) is 8.12. The van der Waals surface area contributed by atoms with Gasteiger partial charge in [0.1, 0.15) is 0 Å². The van der Waals surface area contributed by atoms with Gasteiger partial charge in [0, 0.05) is 19.0 Å². The second-order valence-electron chi connectivity index (χ2n) is 5.54. The molecule has 1 aromatic rings. The van der Waals surface area contributed by atoms with E-state index in [1.807, 2.05) is 6.92 Å². The molecule has 3 nitrogen and oxygen atoms in total. The van der Waals surface area contributed by atoms with Gasteiger partial charge in [0.15, 0.2) is 0 Å². The van der Waals surface area contributed by atoms with E-state index in [-0.39, 0.29) is 11.9 Å². The molecule has 0 aliphatic rings. The summed E-state index contributed by atoms with van der Waals surface area (Å²) in [6.07, 6.45) is 2.32. The average Bonchev–Trinajstić information content (AvgIpc) is 2.36. The number of rotatable bonds is 7. The van der Waals surface area contributed by atoms with E-state index >= 15 is 0 Å². The number of hydrogen-bond acceptors (Lipinski definition) is 2. The van der Waals surface area contributed by atoms with Crippen molar-refractivity contribution in [3.8, 4) is 0 Å². The molecule has 0 aliphatic carbocycles. The van der Waals surface area contributed by atoms with Crippen molar-refractivity contribution >= 4 is 5.91 Å². The molecule has 19 heavy (non-hydrogen) atoms. The first-order chi connectivity index (χ1) is 8.99. The van der Waals surface area contributed by atoms with Gasteiger partial charge in [-0.15, -0.1) is 0 Å². The summed E-state index contributed by atoms with van der Waals surface area (Å²) in [4.78, 5) is 11.6. The van der Waals surface area contributed by atoms with E-state index in [1.54, 1.807) is 0 Å². The Labute approximate surface area is 116 Å². The number of carbonyl (C=O) groups is 1. The first kappa shape index (κ1) is 15.7. The minimum absolute atomic E-state index is 0.105. The van der Waals surface area contributed by atoms with Crippen LogP contribution in [0.5, 0.6) is 0 Å². The van der Waals surface area contributed by atoms with Gasteiger partial charge in [0.05, 0.1) is 0 Å². The molecule has 106 valence electrons. The van der Waals surface area contributed by atoms with Gasteiger partial charge in [-0.05, 0) is 36.8 Å². The predicted octanol–water partition coefficient (Wildman–Crippen LogP) is 2.94. The third-order valence-corrected chi connectivity index (χ3v) is 3.20. The fourth-order valence-electron chi connectivity index (χ4n) is 1.89. The zero-order valence-corrected chi connectivity index (χ0v) is 12.3. The van der Waals surface area contributed by atoms with E-state index in [1.165, 1.54) is 5.56 Å². The normalized spacial score (nSPS) is 12.5. The van der Waals surface area contributed by atoms with Crippen molar-refractivity contribution in [3.05, 3.63) is 35.4 Å². The van der Waals surface area contributed by atoms with Crippen molar-refractivity contribution < 1.29 is 4.79 Å². The minimum atomic E-state index is 0.105. The predicted molar refractivity (Wildman–Crippen MR) is 79.9 cm³/mol. The van der Waals surface area contributed by atoms with Crippen LogP contribution in [0.25, 0.3) is 0 Å². The van der Waals surface area contributed by atoms with Gasteiger partial charge >= 0.3 is 0 Å². The topological polar surface area (TPSA) is 55.1 Å². The average molecular weight is 262 g/mol. The Balaban J connectivity index is 2.30. The largest absolute Gasteiger partial charge is 0.352 e. The maximum absolute atomic E-state index is 11.6. The molecule has 1 amide bonds. The van der Waals surface area contributed by atoms with E-state index < -0.39 is 0 Å². The summed E-state index contributed by atoms with van der Waals surface area (Å²) < 4.78 is 0. The smallest absolute Gasteiger partial charge is 0.220 e. The zero-order chi connectivity index (χ0) is 14.3. The summed E-state index contributed by atoms with van der Waals surface area (Å²) in [6, 6.07) is 8.59. The van der Waals surface area contributed by atoms with E-state index in [2.05, 4.69) is 43.4 Å². The van der Waals surface area contributed by atoms with Gasteiger partial charge in [-0.3, -0.25) is 4.79 Å². The highest BCUT2D eigenvalue weighted by Crippen LogP contribution is 2.14. The van der Waals surface area contributed by atoms with Crippen molar-refractivity contribution in [2.75, 3.05) is 0 Å². The van der Waals surface area contributed by atoms with Crippen molar-refractivity contribution in [1.29, 1.82) is 0 Å². The van der Waals surface area contributed by atoms with Crippen molar-refractivity contribution in [2.24, 2.45) is 5.73 Å². The van der Waals surface area contributed by atoms with Gasteiger partial charge in [0.2, 0.25) is 5.91 Å². The van der Waals surface area contributed by atoms with E-state index in [9.17, 15) is 4.79 Å². The Morgan fingerprint density at radius 1 is 1.21 bits per heavy atom. The van der Waals surface area contributed by atoms with Gasteiger partial charge in [-0.25, -0.2) is 0 Å². The van der Waals surface area contributed by atoms with Crippen LogP contribution < -0.4 is 11.1 Å². The Hall–Kier alpha value is -1.35. The van der Waals surface area contributed by atoms with Crippen LogP contribution in [0.1, 0.15) is 57.1 Å². The molecule has 0 saturated heterocycles. The fraction of sp³-hybridized carbons (Fsp3) is 0.562. The highest BCUT2D eigenvalue weighted by atomic mass is 16.1. The second-order valence-corrected chi connectivity index (χ2v) is 5.54. The number of amides is 1. The van der Waals surface area contributed by atoms with Crippen molar-refractivity contribution in [1.82, 2.24) is 5.32 Å². The third kappa shape index (κ3) is 6.39. The van der Waals surface area contributed by atoms with Gasteiger partial charge in [-0.1, -0.05) is 38.1 Å². The molecular weight excluding hydrogens is 236 g/mol. The Morgan fingerprint density at radius 3 is 2.37 bits per heavy atom. The summed E-state index contributed by atoms with van der Waals surface area (Å²) >= 11 is 0. The molecular formula is C16H26N2O. The molecule has 1 atom stereocenters. The molecule has 0 radical (unpaired) electrons. The Morgan fingerprint density at radius 2 is 1.84 bits per heavy atom. The molecule has 3 N–H and O–H groups in total. The van der Waals surface area contributed by atoms with Crippen molar-refractivity contribution in [3.63, 3.8) is 0 Å².